The second kappa shape index (κ2) is 5.29. The van der Waals surface area contributed by atoms with Crippen molar-refractivity contribution in [2.75, 3.05) is 0 Å². The maximum atomic E-state index is 13.1. The van der Waals surface area contributed by atoms with Crippen LogP contribution in [-0.4, -0.2) is 5.11 Å². The van der Waals surface area contributed by atoms with E-state index < -0.39 is 5.82 Å². The zero-order valence-electron chi connectivity index (χ0n) is 9.48. The molecule has 17 heavy (non-hydrogen) atoms. The van der Waals surface area contributed by atoms with Gasteiger partial charge in [-0.15, -0.1) is 11.3 Å². The van der Waals surface area contributed by atoms with Crippen molar-refractivity contribution in [1.29, 1.82) is 0 Å². The van der Waals surface area contributed by atoms with E-state index in [2.05, 4.69) is 18.3 Å². The van der Waals surface area contributed by atoms with Crippen LogP contribution >= 0.6 is 11.3 Å². The minimum absolute atomic E-state index is 0.242. The first-order valence-corrected chi connectivity index (χ1v) is 6.29. The lowest BCUT2D eigenvalue weighted by atomic mass is 10.2. The average Bonchev–Trinajstić information content (AvgIpc) is 2.84. The third-order valence-corrected chi connectivity index (χ3v) is 3.65. The monoisotopic (exact) mass is 251 g/mol. The molecule has 0 spiro atoms. The lowest BCUT2D eigenvalue weighted by Crippen LogP contribution is -2.17. The Bertz CT molecular complexity index is 484. The van der Waals surface area contributed by atoms with Crippen molar-refractivity contribution in [2.24, 2.45) is 0 Å². The van der Waals surface area contributed by atoms with Crippen LogP contribution in [0.5, 0.6) is 5.75 Å². The smallest absolute Gasteiger partial charge is 0.165 e. The van der Waals surface area contributed by atoms with Crippen molar-refractivity contribution in [1.82, 2.24) is 5.32 Å². The van der Waals surface area contributed by atoms with Gasteiger partial charge in [0.1, 0.15) is 0 Å². The van der Waals surface area contributed by atoms with Gasteiger partial charge in [-0.05, 0) is 36.1 Å². The van der Waals surface area contributed by atoms with Gasteiger partial charge in [0.05, 0.1) is 0 Å². The maximum Gasteiger partial charge on any atom is 0.165 e. The highest BCUT2D eigenvalue weighted by Gasteiger charge is 2.06. The van der Waals surface area contributed by atoms with E-state index in [0.29, 0.717) is 6.54 Å². The molecule has 0 amide bonds. The summed E-state index contributed by atoms with van der Waals surface area (Å²) in [7, 11) is 0. The number of phenolic OH excluding ortho intramolecular Hbond substituents is 1. The molecular weight excluding hydrogens is 237 g/mol. The molecule has 2 N–H and O–H groups in total. The van der Waals surface area contributed by atoms with Gasteiger partial charge in [0.15, 0.2) is 11.6 Å². The Morgan fingerprint density at radius 1 is 1.41 bits per heavy atom. The minimum atomic E-state index is -0.576. The number of phenols is 1. The Balaban J connectivity index is 1.96. The van der Waals surface area contributed by atoms with Crippen LogP contribution in [0.25, 0.3) is 0 Å². The summed E-state index contributed by atoms with van der Waals surface area (Å²) in [5, 5.41) is 14.4. The van der Waals surface area contributed by atoms with Crippen LogP contribution in [0.3, 0.4) is 0 Å². The van der Waals surface area contributed by atoms with E-state index in [9.17, 15) is 4.39 Å². The Morgan fingerprint density at radius 3 is 2.88 bits per heavy atom. The van der Waals surface area contributed by atoms with Crippen molar-refractivity contribution in [3.05, 3.63) is 52.0 Å². The lowest BCUT2D eigenvalue weighted by molar-refractivity contribution is 0.431. The molecular formula is C13H14FNOS. The number of nitrogens with one attached hydrogen (secondary N) is 1. The van der Waals surface area contributed by atoms with Crippen LogP contribution in [-0.2, 0) is 6.54 Å². The van der Waals surface area contributed by atoms with Crippen molar-refractivity contribution in [3.8, 4) is 5.75 Å². The summed E-state index contributed by atoms with van der Waals surface area (Å²) in [6, 6.07) is 8.77. The lowest BCUT2D eigenvalue weighted by Gasteiger charge is -2.12. The highest BCUT2D eigenvalue weighted by atomic mass is 32.1. The van der Waals surface area contributed by atoms with Gasteiger partial charge in [0, 0.05) is 17.5 Å². The number of aromatic hydroxyl groups is 1. The molecule has 90 valence electrons. The second-order valence-corrected chi connectivity index (χ2v) is 4.88. The highest BCUT2D eigenvalue weighted by Crippen LogP contribution is 2.20. The summed E-state index contributed by atoms with van der Waals surface area (Å²) in [5.41, 5.74) is 0.823. The molecule has 0 unspecified atom stereocenters. The highest BCUT2D eigenvalue weighted by molar-refractivity contribution is 7.10. The van der Waals surface area contributed by atoms with E-state index in [-0.39, 0.29) is 11.8 Å². The van der Waals surface area contributed by atoms with Crippen LogP contribution in [0.1, 0.15) is 23.4 Å². The van der Waals surface area contributed by atoms with Crippen LogP contribution in [0.4, 0.5) is 4.39 Å². The van der Waals surface area contributed by atoms with Gasteiger partial charge in [-0.2, -0.15) is 0 Å². The van der Waals surface area contributed by atoms with Gasteiger partial charge < -0.3 is 10.4 Å². The molecule has 1 aromatic carbocycles. The van der Waals surface area contributed by atoms with Crippen LogP contribution in [0.2, 0.25) is 0 Å². The van der Waals surface area contributed by atoms with E-state index in [1.54, 1.807) is 17.4 Å². The molecule has 0 aliphatic carbocycles. The van der Waals surface area contributed by atoms with Gasteiger partial charge in [-0.3, -0.25) is 0 Å². The van der Waals surface area contributed by atoms with Gasteiger partial charge in [0.2, 0.25) is 0 Å². The van der Waals surface area contributed by atoms with Crippen molar-refractivity contribution < 1.29 is 9.50 Å². The number of benzene rings is 1. The quantitative estimate of drug-likeness (QED) is 0.872. The molecule has 0 aliphatic rings. The Labute approximate surface area is 104 Å². The third-order valence-electron chi connectivity index (χ3n) is 2.59. The number of halogens is 1. The Morgan fingerprint density at radius 2 is 2.24 bits per heavy atom. The second-order valence-electron chi connectivity index (χ2n) is 3.90. The van der Waals surface area contributed by atoms with Crippen molar-refractivity contribution in [3.63, 3.8) is 0 Å². The first-order chi connectivity index (χ1) is 8.16. The summed E-state index contributed by atoms with van der Waals surface area (Å²) < 4.78 is 13.1. The SMILES string of the molecule is C[C@H](NCc1ccc(O)c(F)c1)c1cccs1. The van der Waals surface area contributed by atoms with Crippen molar-refractivity contribution in [2.45, 2.75) is 19.5 Å². The zero-order valence-corrected chi connectivity index (χ0v) is 10.3. The van der Waals surface area contributed by atoms with Gasteiger partial charge >= 0.3 is 0 Å². The van der Waals surface area contributed by atoms with Crippen LogP contribution < -0.4 is 5.32 Å². The molecule has 0 saturated heterocycles. The Hall–Kier alpha value is -1.39. The normalized spacial score (nSPS) is 12.6. The van der Waals surface area contributed by atoms with E-state index >= 15 is 0 Å². The van der Waals surface area contributed by atoms with Gasteiger partial charge in [-0.1, -0.05) is 12.1 Å². The number of hydrogen-bond donors (Lipinski definition) is 2. The molecule has 1 aromatic heterocycles. The van der Waals surface area contributed by atoms with Gasteiger partial charge in [0.25, 0.3) is 0 Å². The zero-order chi connectivity index (χ0) is 12.3. The third kappa shape index (κ3) is 3.05. The predicted molar refractivity (Wildman–Crippen MR) is 67.6 cm³/mol. The largest absolute Gasteiger partial charge is 0.505 e. The van der Waals surface area contributed by atoms with E-state index in [4.69, 9.17) is 5.11 Å². The van der Waals surface area contributed by atoms with Crippen LogP contribution in [0, 0.1) is 5.82 Å². The van der Waals surface area contributed by atoms with Crippen LogP contribution in [0.15, 0.2) is 35.7 Å². The fourth-order valence-corrected chi connectivity index (χ4v) is 2.33. The molecule has 1 atom stereocenters. The summed E-state index contributed by atoms with van der Waals surface area (Å²) in [6.07, 6.45) is 0. The average molecular weight is 251 g/mol. The van der Waals surface area contributed by atoms with Gasteiger partial charge in [-0.25, -0.2) is 4.39 Å². The molecule has 1 heterocycles. The molecule has 0 bridgehead atoms. The number of thiophene rings is 1. The fraction of sp³-hybridized carbons (Fsp3) is 0.231. The molecule has 2 rings (SSSR count). The van der Waals surface area contributed by atoms with E-state index in [1.165, 1.54) is 17.0 Å². The standard InChI is InChI=1S/C13H14FNOS/c1-9(13-3-2-6-17-13)15-8-10-4-5-12(16)11(14)7-10/h2-7,9,15-16H,8H2,1H3/t9-/m0/s1. The first-order valence-electron chi connectivity index (χ1n) is 5.41. The summed E-state index contributed by atoms with van der Waals surface area (Å²) in [6.45, 7) is 2.65. The molecule has 0 radical (unpaired) electrons. The summed E-state index contributed by atoms with van der Waals surface area (Å²) >= 11 is 1.70. The molecule has 0 saturated carbocycles. The number of rotatable bonds is 4. The summed E-state index contributed by atoms with van der Waals surface area (Å²) in [5.74, 6) is -0.881. The Kier molecular flexibility index (Phi) is 3.76. The summed E-state index contributed by atoms with van der Waals surface area (Å²) in [4.78, 5) is 1.25. The molecule has 0 aliphatic heterocycles. The van der Waals surface area contributed by atoms with Crippen molar-refractivity contribution >= 4 is 11.3 Å². The topological polar surface area (TPSA) is 32.3 Å². The predicted octanol–water partition coefficient (Wildman–Crippen LogP) is 3.44. The maximum absolute atomic E-state index is 13.1. The molecule has 2 aromatic rings. The molecule has 4 heteroatoms. The molecule has 0 fully saturated rings. The number of hydrogen-bond acceptors (Lipinski definition) is 3. The first kappa shape index (κ1) is 12.1. The van der Waals surface area contributed by atoms with E-state index in [0.717, 1.165) is 5.56 Å². The fourth-order valence-electron chi connectivity index (χ4n) is 1.57. The molecule has 2 nitrogen and oxygen atoms in total. The minimum Gasteiger partial charge on any atom is -0.505 e. The van der Waals surface area contributed by atoms with E-state index in [1.807, 2.05) is 11.4 Å².